The fraction of sp³-hybridized carbons (Fsp3) is 0.818. The Kier molecular flexibility index (Phi) is 11.2. The second-order valence-corrected chi connectivity index (χ2v) is 6.29. The van der Waals surface area contributed by atoms with E-state index in [0.717, 1.165) is 31.6 Å². The lowest BCUT2D eigenvalue weighted by Crippen LogP contribution is -2.24. The molecule has 1 amide bonds. The van der Waals surface area contributed by atoms with Crippen LogP contribution in [0.4, 0.5) is 0 Å². The average Bonchev–Trinajstić information content (AvgIpc) is 2.23. The van der Waals surface area contributed by atoms with Crippen LogP contribution in [0.5, 0.6) is 0 Å². The number of hydrogen-bond acceptors (Lipinski definition) is 4. The Morgan fingerprint density at radius 2 is 1.88 bits per heavy atom. The number of carbonyl (C=O) groups is 2. The molecule has 0 aliphatic rings. The van der Waals surface area contributed by atoms with E-state index >= 15 is 0 Å². The molecular formula is C11H21NO2S2. The molecule has 0 unspecified atom stereocenters. The summed E-state index contributed by atoms with van der Waals surface area (Å²) in [4.78, 5) is 21.9. The first-order chi connectivity index (χ1) is 7.66. The zero-order chi connectivity index (χ0) is 12.2. The predicted molar refractivity (Wildman–Crippen MR) is 72.7 cm³/mol. The normalized spacial score (nSPS) is 10.1. The van der Waals surface area contributed by atoms with Gasteiger partial charge in [0, 0.05) is 25.1 Å². The van der Waals surface area contributed by atoms with Crippen molar-refractivity contribution in [2.45, 2.75) is 39.0 Å². The Bertz CT molecular complexity index is 210. The third-order valence-electron chi connectivity index (χ3n) is 2.06. The van der Waals surface area contributed by atoms with E-state index in [1.807, 2.05) is 6.26 Å². The quantitative estimate of drug-likeness (QED) is 0.486. The molecular weight excluding hydrogens is 242 g/mol. The monoisotopic (exact) mass is 263 g/mol. The van der Waals surface area contributed by atoms with Gasteiger partial charge < -0.3 is 10.1 Å². The van der Waals surface area contributed by atoms with Gasteiger partial charge in [0.2, 0.25) is 5.91 Å². The molecule has 0 aromatic heterocycles. The summed E-state index contributed by atoms with van der Waals surface area (Å²) < 4.78 is 0. The lowest BCUT2D eigenvalue weighted by atomic mass is 10.1. The minimum atomic E-state index is 0.133. The number of rotatable bonds is 10. The van der Waals surface area contributed by atoms with Crippen molar-refractivity contribution in [3.05, 3.63) is 0 Å². The first kappa shape index (κ1) is 15.8. The van der Waals surface area contributed by atoms with Gasteiger partial charge >= 0.3 is 0 Å². The van der Waals surface area contributed by atoms with E-state index in [4.69, 9.17) is 0 Å². The van der Waals surface area contributed by atoms with E-state index in [9.17, 15) is 9.59 Å². The molecule has 0 aromatic carbocycles. The van der Waals surface area contributed by atoms with Gasteiger partial charge in [0.25, 0.3) is 0 Å². The lowest BCUT2D eigenvalue weighted by Gasteiger charge is -2.04. The molecule has 0 fully saturated rings. The molecule has 0 atom stereocenters. The molecule has 0 rings (SSSR count). The number of unbranched alkanes of at least 4 members (excludes halogenated alkanes) is 2. The van der Waals surface area contributed by atoms with Gasteiger partial charge in [-0.1, -0.05) is 28.0 Å². The van der Waals surface area contributed by atoms with Crippen LogP contribution >= 0.6 is 21.6 Å². The number of hydrogen-bond donors (Lipinski definition) is 1. The number of carbonyl (C=O) groups excluding carboxylic acids is 2. The Hall–Kier alpha value is -0.160. The summed E-state index contributed by atoms with van der Waals surface area (Å²) >= 11 is 0. The summed E-state index contributed by atoms with van der Waals surface area (Å²) in [7, 11) is 3.39. The van der Waals surface area contributed by atoms with Crippen LogP contribution < -0.4 is 5.32 Å². The first-order valence-corrected chi connectivity index (χ1v) is 8.31. The number of Topliss-reactive ketones (excluding diaryl/α,β-unsaturated/α-hetero) is 1. The third kappa shape index (κ3) is 11.9. The molecule has 0 saturated heterocycles. The molecule has 3 nitrogen and oxygen atoms in total. The fourth-order valence-corrected chi connectivity index (χ4v) is 2.40. The molecule has 5 heteroatoms. The zero-order valence-electron chi connectivity index (χ0n) is 10.1. The van der Waals surface area contributed by atoms with Gasteiger partial charge in [0.1, 0.15) is 5.78 Å². The fourth-order valence-electron chi connectivity index (χ4n) is 1.21. The van der Waals surface area contributed by atoms with E-state index in [2.05, 4.69) is 5.32 Å². The Morgan fingerprint density at radius 1 is 1.12 bits per heavy atom. The third-order valence-corrected chi connectivity index (χ3v) is 3.87. The Morgan fingerprint density at radius 3 is 2.50 bits per heavy atom. The Balaban J connectivity index is 3.18. The second-order valence-electron chi connectivity index (χ2n) is 3.60. The van der Waals surface area contributed by atoms with Crippen molar-refractivity contribution in [2.24, 2.45) is 0 Å². The molecule has 0 bridgehead atoms. The van der Waals surface area contributed by atoms with Crippen LogP contribution in [0.15, 0.2) is 0 Å². The number of nitrogens with one attached hydrogen (secondary N) is 1. The average molecular weight is 263 g/mol. The van der Waals surface area contributed by atoms with Crippen molar-refractivity contribution < 1.29 is 9.59 Å². The maximum absolute atomic E-state index is 11.3. The van der Waals surface area contributed by atoms with Gasteiger partial charge in [-0.2, -0.15) is 0 Å². The number of amides is 1. The molecule has 0 heterocycles. The highest BCUT2D eigenvalue weighted by Crippen LogP contribution is 2.17. The van der Waals surface area contributed by atoms with Crippen molar-refractivity contribution in [3.63, 3.8) is 0 Å². The molecule has 16 heavy (non-hydrogen) atoms. The smallest absolute Gasteiger partial charge is 0.220 e. The molecule has 94 valence electrons. The van der Waals surface area contributed by atoms with E-state index in [1.165, 1.54) is 0 Å². The summed E-state index contributed by atoms with van der Waals surface area (Å²) in [5, 5.41) is 2.88. The second kappa shape index (κ2) is 11.3. The summed E-state index contributed by atoms with van der Waals surface area (Å²) in [5.41, 5.74) is 0. The summed E-state index contributed by atoms with van der Waals surface area (Å²) in [6, 6.07) is 0. The maximum atomic E-state index is 11.3. The first-order valence-electron chi connectivity index (χ1n) is 5.58. The van der Waals surface area contributed by atoms with Crippen LogP contribution in [0, 0.1) is 0 Å². The summed E-state index contributed by atoms with van der Waals surface area (Å²) in [5.74, 6) is 1.25. The van der Waals surface area contributed by atoms with Crippen LogP contribution in [0.2, 0.25) is 0 Å². The van der Waals surface area contributed by atoms with E-state index in [1.54, 1.807) is 28.5 Å². The predicted octanol–water partition coefficient (Wildman–Crippen LogP) is 2.65. The van der Waals surface area contributed by atoms with Crippen molar-refractivity contribution in [3.8, 4) is 0 Å². The highest BCUT2D eigenvalue weighted by atomic mass is 33.1. The van der Waals surface area contributed by atoms with E-state index in [0.29, 0.717) is 12.8 Å². The summed E-state index contributed by atoms with van der Waals surface area (Å²) in [6.45, 7) is 2.35. The van der Waals surface area contributed by atoms with Crippen LogP contribution in [0.1, 0.15) is 39.0 Å². The van der Waals surface area contributed by atoms with Gasteiger partial charge in [0.05, 0.1) is 0 Å². The minimum absolute atomic E-state index is 0.133. The molecule has 0 spiro atoms. The molecule has 0 aliphatic heterocycles. The van der Waals surface area contributed by atoms with Crippen LogP contribution in [-0.4, -0.2) is 30.2 Å². The summed E-state index contributed by atoms with van der Waals surface area (Å²) in [6.07, 6.45) is 6.19. The van der Waals surface area contributed by atoms with Crippen molar-refractivity contribution in [2.75, 3.05) is 18.6 Å². The van der Waals surface area contributed by atoms with Crippen LogP contribution in [0.25, 0.3) is 0 Å². The van der Waals surface area contributed by atoms with Gasteiger partial charge in [-0.05, 0) is 26.0 Å². The highest BCUT2D eigenvalue weighted by Gasteiger charge is 2.00. The van der Waals surface area contributed by atoms with Gasteiger partial charge in [0.15, 0.2) is 0 Å². The standard InChI is InChI=1S/C11H21NO2S2/c1-10(13)6-4-3-5-8-12-11(14)7-9-16-15-2/h3-9H2,1-2H3,(H,12,14). The topological polar surface area (TPSA) is 46.2 Å². The van der Waals surface area contributed by atoms with E-state index < -0.39 is 0 Å². The largest absolute Gasteiger partial charge is 0.356 e. The van der Waals surface area contributed by atoms with Crippen molar-refractivity contribution >= 4 is 33.3 Å². The van der Waals surface area contributed by atoms with Crippen LogP contribution in [0.3, 0.4) is 0 Å². The van der Waals surface area contributed by atoms with Crippen molar-refractivity contribution in [1.29, 1.82) is 0 Å². The highest BCUT2D eigenvalue weighted by molar-refractivity contribution is 8.76. The molecule has 0 radical (unpaired) electrons. The van der Waals surface area contributed by atoms with Gasteiger partial charge in [-0.15, -0.1) is 0 Å². The minimum Gasteiger partial charge on any atom is -0.356 e. The van der Waals surface area contributed by atoms with E-state index in [-0.39, 0.29) is 11.7 Å². The van der Waals surface area contributed by atoms with Crippen LogP contribution in [-0.2, 0) is 9.59 Å². The van der Waals surface area contributed by atoms with Crippen molar-refractivity contribution in [1.82, 2.24) is 5.32 Å². The lowest BCUT2D eigenvalue weighted by molar-refractivity contribution is -0.120. The molecule has 0 saturated carbocycles. The molecule has 0 aromatic rings. The van der Waals surface area contributed by atoms with Gasteiger partial charge in [-0.3, -0.25) is 4.79 Å². The Labute approximate surface area is 106 Å². The van der Waals surface area contributed by atoms with Gasteiger partial charge in [-0.25, -0.2) is 0 Å². The number of ketones is 1. The zero-order valence-corrected chi connectivity index (χ0v) is 11.7. The molecule has 1 N–H and O–H groups in total. The maximum Gasteiger partial charge on any atom is 0.220 e. The molecule has 0 aliphatic carbocycles. The SMILES string of the molecule is CSSCCC(=O)NCCCCCC(C)=O.